The Balaban J connectivity index is 2.09. The van der Waals surface area contributed by atoms with Crippen molar-refractivity contribution in [2.24, 2.45) is 0 Å². The number of hydrogen-bond donors (Lipinski definition) is 3. The Bertz CT molecular complexity index is 625. The average Bonchev–Trinajstić information content (AvgIpc) is 2.89. The van der Waals surface area contributed by atoms with Gasteiger partial charge in [-0.3, -0.25) is 4.79 Å². The van der Waals surface area contributed by atoms with Crippen molar-refractivity contribution < 1.29 is 9.90 Å². The number of benzene rings is 1. The van der Waals surface area contributed by atoms with Crippen molar-refractivity contribution >= 4 is 23.1 Å². The zero-order valence-electron chi connectivity index (χ0n) is 11.3. The molecule has 2 rings (SSSR count). The van der Waals surface area contributed by atoms with Crippen molar-refractivity contribution in [3.05, 3.63) is 34.3 Å². The quantitative estimate of drug-likeness (QED) is 0.590. The summed E-state index contributed by atoms with van der Waals surface area (Å²) in [6.45, 7) is 4.11. The summed E-state index contributed by atoms with van der Waals surface area (Å²) in [6, 6.07) is 4.74. The highest BCUT2D eigenvalue weighted by Gasteiger charge is 2.18. The van der Waals surface area contributed by atoms with E-state index in [9.17, 15) is 9.90 Å². The highest BCUT2D eigenvalue weighted by Crippen LogP contribution is 2.21. The van der Waals surface area contributed by atoms with Crippen molar-refractivity contribution in [2.75, 3.05) is 5.73 Å². The average molecular weight is 292 g/mol. The predicted octanol–water partition coefficient (Wildman–Crippen LogP) is 1.88. The maximum atomic E-state index is 12.1. The predicted molar refractivity (Wildman–Crippen MR) is 77.7 cm³/mol. The minimum atomic E-state index is -0.245. The van der Waals surface area contributed by atoms with Gasteiger partial charge < -0.3 is 16.2 Å². The normalized spacial score (nSPS) is 10.8. The lowest BCUT2D eigenvalue weighted by Crippen LogP contribution is -2.23. The first kappa shape index (κ1) is 14.3. The molecule has 1 aromatic heterocycles. The summed E-state index contributed by atoms with van der Waals surface area (Å²) in [6.07, 6.45) is 0. The summed E-state index contributed by atoms with van der Waals surface area (Å²) in [5, 5.41) is 16.4. The van der Waals surface area contributed by atoms with E-state index in [0.29, 0.717) is 21.8 Å². The van der Waals surface area contributed by atoms with Crippen LogP contribution in [0.1, 0.15) is 40.7 Å². The molecule has 1 amide bonds. The number of phenolic OH excluding ortho intramolecular Hbond substituents is 1. The number of amides is 1. The number of nitrogens with zero attached hydrogens (tertiary/aromatic N) is 2. The molecule has 2 aromatic rings. The molecular weight excluding hydrogens is 276 g/mol. The smallest absolute Gasteiger partial charge is 0.265 e. The van der Waals surface area contributed by atoms with Gasteiger partial charge in [0.1, 0.15) is 10.6 Å². The number of anilines is 1. The fourth-order valence-corrected chi connectivity index (χ4v) is 2.47. The maximum Gasteiger partial charge on any atom is 0.265 e. The van der Waals surface area contributed by atoms with Gasteiger partial charge in [0.2, 0.25) is 0 Å². The Labute approximate surface area is 120 Å². The molecule has 0 unspecified atom stereocenters. The topological polar surface area (TPSA) is 101 Å². The summed E-state index contributed by atoms with van der Waals surface area (Å²) >= 11 is 1.07. The van der Waals surface area contributed by atoms with E-state index >= 15 is 0 Å². The van der Waals surface area contributed by atoms with Crippen molar-refractivity contribution in [1.29, 1.82) is 0 Å². The number of nitrogen functional groups attached to an aromatic ring is 1. The number of nitrogens with one attached hydrogen (secondary N) is 1. The van der Waals surface area contributed by atoms with Crippen molar-refractivity contribution in [3.63, 3.8) is 0 Å². The molecule has 20 heavy (non-hydrogen) atoms. The van der Waals surface area contributed by atoms with Gasteiger partial charge >= 0.3 is 0 Å². The fourth-order valence-electron chi connectivity index (χ4n) is 1.74. The number of carbonyl (C=O) groups excluding carboxylic acids is 1. The largest absolute Gasteiger partial charge is 0.508 e. The molecule has 0 bridgehead atoms. The molecule has 6 nitrogen and oxygen atoms in total. The highest BCUT2D eigenvalue weighted by molar-refractivity contribution is 7.08. The molecule has 1 aromatic carbocycles. The number of rotatable bonds is 4. The molecule has 7 heteroatoms. The van der Waals surface area contributed by atoms with E-state index in [1.54, 1.807) is 12.1 Å². The summed E-state index contributed by atoms with van der Waals surface area (Å²) in [5.41, 5.74) is 7.44. The van der Waals surface area contributed by atoms with E-state index in [4.69, 9.17) is 5.73 Å². The Kier molecular flexibility index (Phi) is 4.19. The van der Waals surface area contributed by atoms with Crippen molar-refractivity contribution in [3.8, 4) is 5.75 Å². The first-order valence-electron chi connectivity index (χ1n) is 6.17. The number of hydrogen-bond acceptors (Lipinski definition) is 6. The van der Waals surface area contributed by atoms with Gasteiger partial charge in [-0.1, -0.05) is 18.3 Å². The summed E-state index contributed by atoms with van der Waals surface area (Å²) < 4.78 is 3.81. The number of phenols is 1. The molecule has 1 heterocycles. The van der Waals surface area contributed by atoms with E-state index in [1.807, 2.05) is 13.8 Å². The molecule has 0 radical (unpaired) electrons. The monoisotopic (exact) mass is 292 g/mol. The molecular formula is C13H16N4O2S. The van der Waals surface area contributed by atoms with Gasteiger partial charge in [0.05, 0.1) is 5.69 Å². The molecule has 4 N–H and O–H groups in total. The highest BCUT2D eigenvalue weighted by atomic mass is 32.1. The maximum absolute atomic E-state index is 12.1. The van der Waals surface area contributed by atoms with Gasteiger partial charge in [0.25, 0.3) is 5.91 Å². The van der Waals surface area contributed by atoms with E-state index in [0.717, 1.165) is 11.5 Å². The van der Waals surface area contributed by atoms with E-state index in [2.05, 4.69) is 14.9 Å². The lowest BCUT2D eigenvalue weighted by Gasteiger charge is -2.08. The van der Waals surface area contributed by atoms with Crippen molar-refractivity contribution in [1.82, 2.24) is 14.9 Å². The third-order valence-electron chi connectivity index (χ3n) is 2.81. The number of carbonyl (C=O) groups is 1. The van der Waals surface area contributed by atoms with Gasteiger partial charge in [-0.05, 0) is 35.6 Å². The minimum Gasteiger partial charge on any atom is -0.508 e. The Hall–Kier alpha value is -2.15. The lowest BCUT2D eigenvalue weighted by molar-refractivity contribution is 0.0953. The van der Waals surface area contributed by atoms with Crippen LogP contribution in [0.2, 0.25) is 0 Å². The molecule has 0 aliphatic rings. The molecule has 0 aliphatic carbocycles. The second kappa shape index (κ2) is 5.87. The van der Waals surface area contributed by atoms with Crippen LogP contribution in [0.25, 0.3) is 0 Å². The first-order chi connectivity index (χ1) is 9.49. The number of aromatic hydroxyl groups is 1. The molecule has 0 aliphatic heterocycles. The third-order valence-corrected chi connectivity index (χ3v) is 3.55. The van der Waals surface area contributed by atoms with Gasteiger partial charge in [0, 0.05) is 17.8 Å². The first-order valence-corrected chi connectivity index (χ1v) is 6.94. The fraction of sp³-hybridized carbons (Fsp3) is 0.308. The molecule has 106 valence electrons. The van der Waals surface area contributed by atoms with Gasteiger partial charge in [0.15, 0.2) is 0 Å². The van der Waals surface area contributed by atoms with Crippen LogP contribution in [0.15, 0.2) is 18.2 Å². The molecule has 0 spiro atoms. The van der Waals surface area contributed by atoms with Crippen LogP contribution in [0, 0.1) is 0 Å². The molecule has 0 saturated carbocycles. The van der Waals surface area contributed by atoms with Crippen LogP contribution in [0.3, 0.4) is 0 Å². The Morgan fingerprint density at radius 1 is 1.50 bits per heavy atom. The van der Waals surface area contributed by atoms with Crippen LogP contribution in [-0.2, 0) is 6.54 Å². The Morgan fingerprint density at radius 2 is 2.25 bits per heavy atom. The summed E-state index contributed by atoms with van der Waals surface area (Å²) in [7, 11) is 0. The molecule has 0 fully saturated rings. The zero-order valence-corrected chi connectivity index (χ0v) is 12.1. The van der Waals surface area contributed by atoms with Crippen molar-refractivity contribution in [2.45, 2.75) is 26.3 Å². The van der Waals surface area contributed by atoms with Crippen LogP contribution in [0.5, 0.6) is 5.75 Å². The zero-order chi connectivity index (χ0) is 14.7. The molecule has 0 atom stereocenters. The lowest BCUT2D eigenvalue weighted by atomic mass is 10.1. The third kappa shape index (κ3) is 3.05. The Morgan fingerprint density at radius 3 is 2.95 bits per heavy atom. The van der Waals surface area contributed by atoms with Crippen LogP contribution in [0.4, 0.5) is 5.69 Å². The minimum absolute atomic E-state index is 0.103. The second-order valence-electron chi connectivity index (χ2n) is 4.71. The van der Waals surface area contributed by atoms with E-state index < -0.39 is 0 Å². The van der Waals surface area contributed by atoms with Crippen LogP contribution >= 0.6 is 11.5 Å². The van der Waals surface area contributed by atoms with Crippen LogP contribution in [-0.4, -0.2) is 20.6 Å². The van der Waals surface area contributed by atoms with Gasteiger partial charge in [-0.2, -0.15) is 0 Å². The second-order valence-corrected chi connectivity index (χ2v) is 5.47. The number of nitrogens with two attached hydrogens (primary N) is 1. The van der Waals surface area contributed by atoms with Crippen LogP contribution < -0.4 is 11.1 Å². The van der Waals surface area contributed by atoms with Gasteiger partial charge in [-0.15, -0.1) is 5.10 Å². The van der Waals surface area contributed by atoms with E-state index in [1.165, 1.54) is 6.07 Å². The van der Waals surface area contributed by atoms with E-state index in [-0.39, 0.29) is 24.1 Å². The van der Waals surface area contributed by atoms with Gasteiger partial charge in [-0.25, -0.2) is 0 Å². The number of aromatic nitrogens is 2. The summed E-state index contributed by atoms with van der Waals surface area (Å²) in [5.74, 6) is -0.00758. The standard InChI is InChI=1S/C13H16N4O2S/c1-7(2)11-12(20-17-16-11)13(19)15-6-8-5-9(14)3-4-10(8)18/h3-5,7,18H,6,14H2,1-2H3,(H,15,19). The molecule has 0 saturated heterocycles. The summed E-state index contributed by atoms with van der Waals surface area (Å²) in [4.78, 5) is 12.6. The SMILES string of the molecule is CC(C)c1nnsc1C(=O)NCc1cc(N)ccc1O.